The van der Waals surface area contributed by atoms with E-state index in [0.717, 1.165) is 11.1 Å². The molecule has 2 nitrogen and oxygen atoms in total. The van der Waals surface area contributed by atoms with Crippen LogP contribution in [0.4, 0.5) is 4.39 Å². The molecule has 0 spiro atoms. The van der Waals surface area contributed by atoms with E-state index in [2.05, 4.69) is 0 Å². The molecule has 4 heteroatoms. The first kappa shape index (κ1) is 12.9. The van der Waals surface area contributed by atoms with Gasteiger partial charge in [0.25, 0.3) is 0 Å². The molecule has 2 aromatic rings. The first-order valence-electron chi connectivity index (χ1n) is 5.52. The zero-order chi connectivity index (χ0) is 13.1. The normalized spacial score (nSPS) is 10.4. The summed E-state index contributed by atoms with van der Waals surface area (Å²) in [5.74, 6) is 0.693. The first-order chi connectivity index (χ1) is 8.60. The van der Waals surface area contributed by atoms with Crippen LogP contribution >= 0.6 is 11.6 Å². The van der Waals surface area contributed by atoms with Crippen molar-refractivity contribution in [3.63, 3.8) is 0 Å². The van der Waals surface area contributed by atoms with Crippen molar-refractivity contribution in [2.24, 2.45) is 5.73 Å². The van der Waals surface area contributed by atoms with E-state index >= 15 is 0 Å². The molecule has 0 heterocycles. The SMILES string of the molecule is Cc1cc(Oc2ccc(F)cc2Cl)ccc1CN. The van der Waals surface area contributed by atoms with E-state index < -0.39 is 0 Å². The molecule has 0 saturated heterocycles. The van der Waals surface area contributed by atoms with Gasteiger partial charge in [0, 0.05) is 6.54 Å². The fourth-order valence-corrected chi connectivity index (χ4v) is 1.85. The molecule has 0 aliphatic rings. The van der Waals surface area contributed by atoms with Crippen LogP contribution in [0.2, 0.25) is 5.02 Å². The average molecular weight is 266 g/mol. The standard InChI is InChI=1S/C14H13ClFNO/c1-9-6-12(4-2-10(9)8-17)18-14-5-3-11(16)7-13(14)15/h2-7H,8,17H2,1H3. The van der Waals surface area contributed by atoms with Crippen LogP contribution in [0.25, 0.3) is 0 Å². The van der Waals surface area contributed by atoms with Gasteiger partial charge in [-0.3, -0.25) is 0 Å². The van der Waals surface area contributed by atoms with Gasteiger partial charge in [0.15, 0.2) is 0 Å². The quantitative estimate of drug-likeness (QED) is 0.909. The van der Waals surface area contributed by atoms with Crippen LogP contribution in [-0.2, 0) is 6.54 Å². The lowest BCUT2D eigenvalue weighted by atomic mass is 10.1. The van der Waals surface area contributed by atoms with Crippen LogP contribution in [0.15, 0.2) is 36.4 Å². The van der Waals surface area contributed by atoms with Gasteiger partial charge in [-0.25, -0.2) is 4.39 Å². The highest BCUT2D eigenvalue weighted by molar-refractivity contribution is 6.32. The fraction of sp³-hybridized carbons (Fsp3) is 0.143. The van der Waals surface area contributed by atoms with Crippen LogP contribution in [0.5, 0.6) is 11.5 Å². The summed E-state index contributed by atoms with van der Waals surface area (Å²) in [6, 6.07) is 9.63. The average Bonchev–Trinajstić information content (AvgIpc) is 2.33. The molecule has 0 aliphatic carbocycles. The summed E-state index contributed by atoms with van der Waals surface area (Å²) >= 11 is 5.89. The van der Waals surface area contributed by atoms with Crippen molar-refractivity contribution in [1.82, 2.24) is 0 Å². The van der Waals surface area contributed by atoms with Crippen molar-refractivity contribution >= 4 is 11.6 Å². The second kappa shape index (κ2) is 5.38. The lowest BCUT2D eigenvalue weighted by Crippen LogP contribution is -1.99. The molecule has 94 valence electrons. The zero-order valence-corrected chi connectivity index (χ0v) is 10.7. The molecule has 0 aliphatic heterocycles. The Balaban J connectivity index is 2.26. The maximum atomic E-state index is 12.9. The van der Waals surface area contributed by atoms with E-state index in [1.165, 1.54) is 18.2 Å². The molecule has 0 amide bonds. The molecule has 2 aromatic carbocycles. The number of hydrogen-bond acceptors (Lipinski definition) is 2. The number of benzene rings is 2. The van der Waals surface area contributed by atoms with Gasteiger partial charge >= 0.3 is 0 Å². The third kappa shape index (κ3) is 2.81. The summed E-state index contributed by atoms with van der Waals surface area (Å²) in [5, 5.41) is 0.246. The fourth-order valence-electron chi connectivity index (χ4n) is 1.65. The molecule has 0 bridgehead atoms. The van der Waals surface area contributed by atoms with Crippen LogP contribution in [0.3, 0.4) is 0 Å². The van der Waals surface area contributed by atoms with E-state index in [4.69, 9.17) is 22.1 Å². The van der Waals surface area contributed by atoms with Crippen LogP contribution in [-0.4, -0.2) is 0 Å². The Morgan fingerprint density at radius 2 is 2.00 bits per heavy atom. The van der Waals surface area contributed by atoms with Crippen molar-refractivity contribution in [2.45, 2.75) is 13.5 Å². The topological polar surface area (TPSA) is 35.2 Å². The van der Waals surface area contributed by atoms with Gasteiger partial charge in [0.05, 0.1) is 5.02 Å². The molecule has 0 atom stereocenters. The van der Waals surface area contributed by atoms with E-state index in [1.54, 1.807) is 0 Å². The van der Waals surface area contributed by atoms with E-state index in [-0.39, 0.29) is 10.8 Å². The predicted molar refractivity (Wildman–Crippen MR) is 70.6 cm³/mol. The van der Waals surface area contributed by atoms with Crippen LogP contribution in [0.1, 0.15) is 11.1 Å². The predicted octanol–water partition coefficient (Wildman–Crippen LogP) is 4.04. The van der Waals surface area contributed by atoms with Crippen molar-refractivity contribution in [3.05, 3.63) is 58.4 Å². The second-order valence-corrected chi connectivity index (χ2v) is 4.38. The second-order valence-electron chi connectivity index (χ2n) is 3.97. The van der Waals surface area contributed by atoms with Gasteiger partial charge in [-0.05, 0) is 48.4 Å². The van der Waals surface area contributed by atoms with Crippen LogP contribution < -0.4 is 10.5 Å². The van der Waals surface area contributed by atoms with E-state index in [1.807, 2.05) is 25.1 Å². The highest BCUT2D eigenvalue weighted by Gasteiger charge is 2.05. The molecule has 0 fully saturated rings. The highest BCUT2D eigenvalue weighted by Crippen LogP contribution is 2.30. The lowest BCUT2D eigenvalue weighted by Gasteiger charge is -2.10. The molecule has 2 N–H and O–H groups in total. The number of halogens is 2. The molecule has 0 saturated carbocycles. The third-order valence-electron chi connectivity index (χ3n) is 2.66. The number of aryl methyl sites for hydroxylation is 1. The van der Waals surface area contributed by atoms with Gasteiger partial charge in [-0.15, -0.1) is 0 Å². The lowest BCUT2D eigenvalue weighted by molar-refractivity contribution is 0.480. The van der Waals surface area contributed by atoms with Gasteiger partial charge in [0.1, 0.15) is 17.3 Å². The molecule has 0 aromatic heterocycles. The summed E-state index contributed by atoms with van der Waals surface area (Å²) in [4.78, 5) is 0. The molecular formula is C14H13ClFNO. The maximum absolute atomic E-state index is 12.9. The Morgan fingerprint density at radius 3 is 2.61 bits per heavy atom. The number of hydrogen-bond donors (Lipinski definition) is 1. The smallest absolute Gasteiger partial charge is 0.146 e. The van der Waals surface area contributed by atoms with Gasteiger partial charge < -0.3 is 10.5 Å². The summed E-state index contributed by atoms with van der Waals surface area (Å²) < 4.78 is 18.5. The van der Waals surface area contributed by atoms with Gasteiger partial charge in [-0.2, -0.15) is 0 Å². The van der Waals surface area contributed by atoms with E-state index in [0.29, 0.717) is 18.0 Å². The number of rotatable bonds is 3. The third-order valence-corrected chi connectivity index (χ3v) is 2.95. The van der Waals surface area contributed by atoms with Crippen molar-refractivity contribution in [3.8, 4) is 11.5 Å². The minimum Gasteiger partial charge on any atom is -0.456 e. The first-order valence-corrected chi connectivity index (χ1v) is 5.90. The summed E-state index contributed by atoms with van der Waals surface area (Å²) in [6.07, 6.45) is 0. The largest absolute Gasteiger partial charge is 0.456 e. The molecule has 2 rings (SSSR count). The molecular weight excluding hydrogens is 253 g/mol. The Bertz CT molecular complexity index is 572. The summed E-state index contributed by atoms with van der Waals surface area (Å²) in [6.45, 7) is 2.45. The van der Waals surface area contributed by atoms with Gasteiger partial charge in [0.2, 0.25) is 0 Å². The Kier molecular flexibility index (Phi) is 3.84. The maximum Gasteiger partial charge on any atom is 0.146 e. The summed E-state index contributed by atoms with van der Waals surface area (Å²) in [7, 11) is 0. The van der Waals surface area contributed by atoms with Crippen molar-refractivity contribution in [1.29, 1.82) is 0 Å². The zero-order valence-electron chi connectivity index (χ0n) is 9.91. The number of ether oxygens (including phenoxy) is 1. The minimum atomic E-state index is -0.387. The monoisotopic (exact) mass is 265 g/mol. The molecule has 0 radical (unpaired) electrons. The Hall–Kier alpha value is -1.58. The molecule has 18 heavy (non-hydrogen) atoms. The Labute approximate surface area is 110 Å². The summed E-state index contributed by atoms with van der Waals surface area (Å²) in [5.41, 5.74) is 7.70. The molecule has 0 unspecified atom stereocenters. The van der Waals surface area contributed by atoms with Gasteiger partial charge in [-0.1, -0.05) is 17.7 Å². The highest BCUT2D eigenvalue weighted by atomic mass is 35.5. The number of nitrogens with two attached hydrogens (primary N) is 1. The van der Waals surface area contributed by atoms with Crippen LogP contribution in [0, 0.1) is 12.7 Å². The minimum absolute atomic E-state index is 0.246. The van der Waals surface area contributed by atoms with E-state index in [9.17, 15) is 4.39 Å². The Morgan fingerprint density at radius 1 is 1.22 bits per heavy atom. The van der Waals surface area contributed by atoms with Crippen molar-refractivity contribution < 1.29 is 9.13 Å². The van der Waals surface area contributed by atoms with Crippen molar-refractivity contribution in [2.75, 3.05) is 0 Å².